The molecule has 2 amide bonds. The topological polar surface area (TPSA) is 96.0 Å². The molecule has 0 bridgehead atoms. The molecule has 2 rings (SSSR count). The molecule has 1 unspecified atom stereocenters. The molecule has 0 aromatic heterocycles. The summed E-state index contributed by atoms with van der Waals surface area (Å²) in [5.41, 5.74) is 2.00. The van der Waals surface area contributed by atoms with Gasteiger partial charge >= 0.3 is 0 Å². The molecule has 0 heterocycles. The van der Waals surface area contributed by atoms with E-state index in [2.05, 4.69) is 5.32 Å². The maximum atomic E-state index is 13.5. The van der Waals surface area contributed by atoms with Crippen molar-refractivity contribution in [3.8, 4) is 5.75 Å². The Balaban J connectivity index is 2.25. The van der Waals surface area contributed by atoms with E-state index in [4.69, 9.17) is 16.3 Å². The van der Waals surface area contributed by atoms with Gasteiger partial charge in [0.25, 0.3) is 0 Å². The van der Waals surface area contributed by atoms with Gasteiger partial charge in [-0.05, 0) is 69.0 Å². The summed E-state index contributed by atoms with van der Waals surface area (Å²) in [5, 5.41) is 3.37. The van der Waals surface area contributed by atoms with Crippen LogP contribution in [0.1, 0.15) is 51.2 Å². The fourth-order valence-corrected chi connectivity index (χ4v) is 5.26. The lowest BCUT2D eigenvalue weighted by atomic mass is 10.1. The van der Waals surface area contributed by atoms with Crippen molar-refractivity contribution in [2.75, 3.05) is 24.2 Å². The number of hydrogen-bond donors (Lipinski definition) is 1. The van der Waals surface area contributed by atoms with Gasteiger partial charge in [0.1, 0.15) is 11.8 Å². The third-order valence-electron chi connectivity index (χ3n) is 5.99. The van der Waals surface area contributed by atoms with Crippen molar-refractivity contribution in [3.63, 3.8) is 0 Å². The van der Waals surface area contributed by atoms with Gasteiger partial charge in [-0.3, -0.25) is 13.9 Å². The maximum Gasteiger partial charge on any atom is 0.243 e. The van der Waals surface area contributed by atoms with Crippen LogP contribution in [0.15, 0.2) is 42.5 Å². The zero-order chi connectivity index (χ0) is 27.8. The zero-order valence-corrected chi connectivity index (χ0v) is 24.0. The molecule has 0 saturated carbocycles. The van der Waals surface area contributed by atoms with E-state index in [-0.39, 0.29) is 43.8 Å². The van der Waals surface area contributed by atoms with Crippen LogP contribution in [-0.4, -0.2) is 57.1 Å². The van der Waals surface area contributed by atoms with Crippen LogP contribution in [0.2, 0.25) is 5.02 Å². The number of methoxy groups -OCH3 is 1. The summed E-state index contributed by atoms with van der Waals surface area (Å²) in [6.45, 7) is 7.73. The summed E-state index contributed by atoms with van der Waals surface area (Å²) in [6.07, 6.45) is 1.93. The number of hydrogen-bond acceptors (Lipinski definition) is 5. The molecule has 8 nitrogen and oxygen atoms in total. The largest absolute Gasteiger partial charge is 0.497 e. The van der Waals surface area contributed by atoms with Crippen molar-refractivity contribution in [2.45, 2.75) is 65.6 Å². The second-order valence-electron chi connectivity index (χ2n) is 9.28. The maximum absolute atomic E-state index is 13.5. The highest BCUT2D eigenvalue weighted by Gasteiger charge is 2.29. The first-order valence-corrected chi connectivity index (χ1v) is 14.6. The van der Waals surface area contributed by atoms with Gasteiger partial charge < -0.3 is 15.0 Å². The smallest absolute Gasteiger partial charge is 0.243 e. The first-order chi connectivity index (χ1) is 17.4. The van der Waals surface area contributed by atoms with Gasteiger partial charge in [0, 0.05) is 30.6 Å². The minimum atomic E-state index is -3.60. The molecule has 1 N–H and O–H groups in total. The Bertz CT molecular complexity index is 1170. The second kappa shape index (κ2) is 13.7. The average Bonchev–Trinajstić information content (AvgIpc) is 2.83. The quantitative estimate of drug-likeness (QED) is 0.394. The molecule has 0 fully saturated rings. The van der Waals surface area contributed by atoms with E-state index >= 15 is 0 Å². The van der Waals surface area contributed by atoms with E-state index in [9.17, 15) is 18.0 Å². The first-order valence-electron chi connectivity index (χ1n) is 12.3. The molecule has 37 heavy (non-hydrogen) atoms. The van der Waals surface area contributed by atoms with Crippen LogP contribution in [-0.2, 0) is 26.2 Å². The molecule has 1 atom stereocenters. The highest BCUT2D eigenvalue weighted by molar-refractivity contribution is 7.92. The minimum Gasteiger partial charge on any atom is -0.497 e. The molecule has 0 radical (unpaired) electrons. The standard InChI is InChI=1S/C27H38ClN3O5S/c1-7-24(27(33)29-19(2)3)30(18-21-13-15-22(36-5)16-14-21)26(32)12-9-17-31(37(6,34)35)25-11-8-10-23(28)20(25)4/h8,10-11,13-16,19,24H,7,9,12,17-18H2,1-6H3,(H,29,33). The fourth-order valence-electron chi connectivity index (χ4n) is 4.08. The zero-order valence-electron chi connectivity index (χ0n) is 22.5. The number of anilines is 1. The number of carbonyl (C=O) groups excluding carboxylic acids is 2. The monoisotopic (exact) mass is 551 g/mol. The Kier molecular flexibility index (Phi) is 11.3. The molecule has 2 aromatic carbocycles. The van der Waals surface area contributed by atoms with Gasteiger partial charge in [-0.15, -0.1) is 0 Å². The number of carbonyl (C=O) groups is 2. The summed E-state index contributed by atoms with van der Waals surface area (Å²) < 4.78 is 31.6. The number of rotatable bonds is 13. The number of ether oxygens (including phenoxy) is 1. The van der Waals surface area contributed by atoms with E-state index < -0.39 is 16.1 Å². The summed E-state index contributed by atoms with van der Waals surface area (Å²) in [6, 6.07) is 11.7. The van der Waals surface area contributed by atoms with E-state index in [1.54, 1.807) is 37.1 Å². The van der Waals surface area contributed by atoms with Crippen LogP contribution in [0.25, 0.3) is 0 Å². The second-order valence-corrected chi connectivity index (χ2v) is 11.6. The van der Waals surface area contributed by atoms with E-state index in [1.807, 2.05) is 45.0 Å². The highest BCUT2D eigenvalue weighted by Crippen LogP contribution is 2.28. The van der Waals surface area contributed by atoms with Crippen LogP contribution < -0.4 is 14.4 Å². The molecular weight excluding hydrogens is 514 g/mol. The van der Waals surface area contributed by atoms with Crippen LogP contribution in [0.4, 0.5) is 5.69 Å². The van der Waals surface area contributed by atoms with Crippen molar-refractivity contribution >= 4 is 39.1 Å². The molecule has 0 saturated heterocycles. The van der Waals surface area contributed by atoms with Crippen molar-refractivity contribution < 1.29 is 22.7 Å². The average molecular weight is 552 g/mol. The molecule has 0 spiro atoms. The van der Waals surface area contributed by atoms with Gasteiger partial charge in [0.2, 0.25) is 21.8 Å². The van der Waals surface area contributed by atoms with Gasteiger partial charge in [0.15, 0.2) is 0 Å². The van der Waals surface area contributed by atoms with E-state index in [0.717, 1.165) is 11.8 Å². The minimum absolute atomic E-state index is 0.0660. The highest BCUT2D eigenvalue weighted by atomic mass is 35.5. The summed E-state index contributed by atoms with van der Waals surface area (Å²) in [7, 11) is -2.02. The summed E-state index contributed by atoms with van der Waals surface area (Å²) in [4.78, 5) is 28.0. The number of benzene rings is 2. The van der Waals surface area contributed by atoms with E-state index in [1.165, 1.54) is 4.31 Å². The Morgan fingerprint density at radius 3 is 2.30 bits per heavy atom. The van der Waals surface area contributed by atoms with E-state index in [0.29, 0.717) is 28.4 Å². The molecule has 10 heteroatoms. The lowest BCUT2D eigenvalue weighted by molar-refractivity contribution is -0.141. The van der Waals surface area contributed by atoms with Gasteiger partial charge in [-0.1, -0.05) is 36.7 Å². The Hall–Kier alpha value is -2.78. The van der Waals surface area contributed by atoms with Crippen LogP contribution in [0, 0.1) is 6.92 Å². The molecule has 0 aliphatic carbocycles. The third kappa shape index (κ3) is 8.64. The van der Waals surface area contributed by atoms with Gasteiger partial charge in [-0.2, -0.15) is 0 Å². The summed E-state index contributed by atoms with van der Waals surface area (Å²) >= 11 is 6.22. The number of halogens is 1. The Labute approximate surface area is 226 Å². The van der Waals surface area contributed by atoms with Crippen molar-refractivity contribution in [1.82, 2.24) is 10.2 Å². The van der Waals surface area contributed by atoms with Crippen molar-refractivity contribution in [1.29, 1.82) is 0 Å². The molecule has 204 valence electrons. The van der Waals surface area contributed by atoms with Gasteiger partial charge in [0.05, 0.1) is 19.1 Å². The van der Waals surface area contributed by atoms with Crippen LogP contribution >= 0.6 is 11.6 Å². The SMILES string of the molecule is CCC(C(=O)NC(C)C)N(Cc1ccc(OC)cc1)C(=O)CCCN(c1cccc(Cl)c1C)S(C)(=O)=O. The number of amides is 2. The number of sulfonamides is 1. The van der Waals surface area contributed by atoms with Crippen LogP contribution in [0.3, 0.4) is 0 Å². The number of nitrogens with one attached hydrogen (secondary N) is 1. The summed E-state index contributed by atoms with van der Waals surface area (Å²) in [5.74, 6) is 0.257. The molecule has 0 aliphatic heterocycles. The predicted molar refractivity (Wildman–Crippen MR) is 149 cm³/mol. The molecule has 2 aromatic rings. The normalized spacial score (nSPS) is 12.2. The number of nitrogens with zero attached hydrogens (tertiary/aromatic N) is 2. The first kappa shape index (κ1) is 30.4. The Morgan fingerprint density at radius 1 is 1.11 bits per heavy atom. The third-order valence-corrected chi connectivity index (χ3v) is 7.58. The fraction of sp³-hybridized carbons (Fsp3) is 0.481. The molecular formula is C27H38ClN3O5S. The Morgan fingerprint density at radius 2 is 1.76 bits per heavy atom. The molecule has 0 aliphatic rings. The van der Waals surface area contributed by atoms with Crippen LogP contribution in [0.5, 0.6) is 5.75 Å². The lowest BCUT2D eigenvalue weighted by Gasteiger charge is -2.31. The lowest BCUT2D eigenvalue weighted by Crippen LogP contribution is -2.50. The van der Waals surface area contributed by atoms with Crippen molar-refractivity contribution in [3.05, 3.63) is 58.6 Å². The van der Waals surface area contributed by atoms with Crippen molar-refractivity contribution in [2.24, 2.45) is 0 Å². The predicted octanol–water partition coefficient (Wildman–Crippen LogP) is 4.54. The van der Waals surface area contributed by atoms with Gasteiger partial charge in [-0.25, -0.2) is 8.42 Å².